The van der Waals surface area contributed by atoms with Crippen molar-refractivity contribution < 1.29 is 4.79 Å². The SMILES string of the molecule is CC(CN)(NC(=O)c1cc(-c2ccccc2Cl)n[nH]1)C1CC1.Cl. The Hall–Kier alpha value is -1.56. The van der Waals surface area contributed by atoms with E-state index in [0.29, 0.717) is 28.9 Å². The third kappa shape index (κ3) is 3.68. The third-order valence-electron chi connectivity index (χ3n) is 4.27. The third-order valence-corrected chi connectivity index (χ3v) is 4.60. The number of amides is 1. The van der Waals surface area contributed by atoms with Gasteiger partial charge in [0.15, 0.2) is 0 Å². The largest absolute Gasteiger partial charge is 0.344 e. The molecule has 0 spiro atoms. The van der Waals surface area contributed by atoms with Crippen LogP contribution in [0.4, 0.5) is 0 Å². The van der Waals surface area contributed by atoms with E-state index in [9.17, 15) is 4.79 Å². The van der Waals surface area contributed by atoms with E-state index in [-0.39, 0.29) is 23.9 Å². The van der Waals surface area contributed by atoms with Crippen LogP contribution in [-0.2, 0) is 0 Å². The summed E-state index contributed by atoms with van der Waals surface area (Å²) in [4.78, 5) is 12.4. The minimum atomic E-state index is -0.354. The summed E-state index contributed by atoms with van der Waals surface area (Å²) >= 11 is 6.16. The van der Waals surface area contributed by atoms with Crippen LogP contribution in [0.1, 0.15) is 30.3 Å². The average Bonchev–Trinajstić information content (AvgIpc) is 3.26. The molecule has 3 rings (SSSR count). The first kappa shape index (κ1) is 17.8. The monoisotopic (exact) mass is 354 g/mol. The number of aromatic amines is 1. The lowest BCUT2D eigenvalue weighted by Gasteiger charge is -2.29. The highest BCUT2D eigenvalue weighted by Crippen LogP contribution is 2.39. The molecule has 1 unspecified atom stereocenters. The fourth-order valence-electron chi connectivity index (χ4n) is 2.61. The van der Waals surface area contributed by atoms with Gasteiger partial charge in [-0.25, -0.2) is 0 Å². The molecule has 1 aliphatic carbocycles. The number of benzene rings is 1. The predicted octanol–water partition coefficient (Wildman–Crippen LogP) is 3.01. The van der Waals surface area contributed by atoms with Crippen molar-refractivity contribution in [3.63, 3.8) is 0 Å². The Morgan fingerprint density at radius 2 is 2.17 bits per heavy atom. The lowest BCUT2D eigenvalue weighted by atomic mass is 9.96. The number of hydrogen-bond acceptors (Lipinski definition) is 3. The molecule has 1 amide bonds. The lowest BCUT2D eigenvalue weighted by molar-refractivity contribution is 0.0892. The van der Waals surface area contributed by atoms with E-state index >= 15 is 0 Å². The Balaban J connectivity index is 0.00000192. The lowest BCUT2D eigenvalue weighted by Crippen LogP contribution is -2.53. The second kappa shape index (κ2) is 6.91. The van der Waals surface area contributed by atoms with Gasteiger partial charge < -0.3 is 11.1 Å². The molecule has 1 aromatic carbocycles. The Bertz CT molecular complexity index is 699. The molecule has 1 aliphatic rings. The molecule has 5 nitrogen and oxygen atoms in total. The van der Waals surface area contributed by atoms with Crippen molar-refractivity contribution in [1.29, 1.82) is 0 Å². The Morgan fingerprint density at radius 3 is 2.78 bits per heavy atom. The highest BCUT2D eigenvalue weighted by atomic mass is 35.5. The fourth-order valence-corrected chi connectivity index (χ4v) is 2.84. The standard InChI is InChI=1S/C16H19ClN4O.ClH/c1-16(9-18,10-6-7-10)19-15(22)14-8-13(20-21-14)11-4-2-3-5-12(11)17;/h2-5,8,10H,6-7,9,18H2,1H3,(H,19,22)(H,20,21);1H. The zero-order valence-corrected chi connectivity index (χ0v) is 14.4. The van der Waals surface area contributed by atoms with E-state index in [4.69, 9.17) is 17.3 Å². The maximum absolute atomic E-state index is 12.4. The fraction of sp³-hybridized carbons (Fsp3) is 0.375. The number of carbonyl (C=O) groups excluding carboxylic acids is 1. The van der Waals surface area contributed by atoms with Gasteiger partial charge in [0.05, 0.1) is 16.3 Å². The van der Waals surface area contributed by atoms with Crippen LogP contribution in [0.2, 0.25) is 5.02 Å². The summed E-state index contributed by atoms with van der Waals surface area (Å²) in [6.07, 6.45) is 2.23. The van der Waals surface area contributed by atoms with Gasteiger partial charge in [-0.15, -0.1) is 12.4 Å². The Kier molecular flexibility index (Phi) is 5.34. The van der Waals surface area contributed by atoms with E-state index in [1.165, 1.54) is 0 Å². The van der Waals surface area contributed by atoms with Gasteiger partial charge in [-0.1, -0.05) is 29.8 Å². The van der Waals surface area contributed by atoms with E-state index in [2.05, 4.69) is 15.5 Å². The van der Waals surface area contributed by atoms with Crippen LogP contribution in [0.25, 0.3) is 11.3 Å². The molecule has 1 aromatic heterocycles. The van der Waals surface area contributed by atoms with Gasteiger partial charge in [-0.05, 0) is 37.8 Å². The van der Waals surface area contributed by atoms with Crippen molar-refractivity contribution in [1.82, 2.24) is 15.5 Å². The number of halogens is 2. The first-order valence-corrected chi connectivity index (χ1v) is 7.74. The van der Waals surface area contributed by atoms with Gasteiger partial charge in [-0.2, -0.15) is 5.10 Å². The van der Waals surface area contributed by atoms with Crippen molar-refractivity contribution >= 4 is 29.9 Å². The second-order valence-electron chi connectivity index (χ2n) is 6.00. The van der Waals surface area contributed by atoms with Crippen LogP contribution in [-0.4, -0.2) is 28.2 Å². The molecule has 0 radical (unpaired) electrons. The Morgan fingerprint density at radius 1 is 1.48 bits per heavy atom. The van der Waals surface area contributed by atoms with Crippen LogP contribution >= 0.6 is 24.0 Å². The molecule has 7 heteroatoms. The predicted molar refractivity (Wildman–Crippen MR) is 93.9 cm³/mol. The second-order valence-corrected chi connectivity index (χ2v) is 6.40. The maximum atomic E-state index is 12.4. The van der Waals surface area contributed by atoms with Crippen LogP contribution < -0.4 is 11.1 Å². The van der Waals surface area contributed by atoms with Crippen LogP contribution in [0.15, 0.2) is 30.3 Å². The van der Waals surface area contributed by atoms with Crippen LogP contribution in [0.3, 0.4) is 0 Å². The minimum Gasteiger partial charge on any atom is -0.344 e. The molecule has 23 heavy (non-hydrogen) atoms. The number of nitrogens with zero attached hydrogens (tertiary/aromatic N) is 1. The van der Waals surface area contributed by atoms with Gasteiger partial charge in [0.2, 0.25) is 0 Å². The molecule has 1 heterocycles. The summed E-state index contributed by atoms with van der Waals surface area (Å²) in [5.41, 5.74) is 7.33. The van der Waals surface area contributed by atoms with Crippen LogP contribution in [0.5, 0.6) is 0 Å². The molecule has 1 saturated carbocycles. The minimum absolute atomic E-state index is 0. The van der Waals surface area contributed by atoms with Crippen molar-refractivity contribution in [2.75, 3.05) is 6.54 Å². The number of nitrogens with two attached hydrogens (primary N) is 1. The number of nitrogens with one attached hydrogen (secondary N) is 2. The molecule has 1 fully saturated rings. The number of carbonyl (C=O) groups is 1. The number of H-pyrrole nitrogens is 1. The summed E-state index contributed by atoms with van der Waals surface area (Å²) in [7, 11) is 0. The van der Waals surface area contributed by atoms with E-state index < -0.39 is 0 Å². The van der Waals surface area contributed by atoms with Crippen LogP contribution in [0, 0.1) is 5.92 Å². The van der Waals surface area contributed by atoms with Crippen molar-refractivity contribution in [2.45, 2.75) is 25.3 Å². The highest BCUT2D eigenvalue weighted by molar-refractivity contribution is 6.33. The smallest absolute Gasteiger partial charge is 0.269 e. The number of rotatable bonds is 5. The maximum Gasteiger partial charge on any atom is 0.269 e. The average molecular weight is 355 g/mol. The normalized spacial score (nSPS) is 16.3. The summed E-state index contributed by atoms with van der Waals surface area (Å²) in [5.74, 6) is 0.276. The van der Waals surface area contributed by atoms with E-state index in [1.807, 2.05) is 25.1 Å². The molecule has 124 valence electrons. The highest BCUT2D eigenvalue weighted by Gasteiger charge is 2.41. The topological polar surface area (TPSA) is 83.8 Å². The molecular weight excluding hydrogens is 335 g/mol. The molecule has 0 bridgehead atoms. The van der Waals surface area contributed by atoms with Gasteiger partial charge in [0.25, 0.3) is 5.91 Å². The van der Waals surface area contributed by atoms with Crippen molar-refractivity contribution in [3.05, 3.63) is 41.0 Å². The Labute approximate surface area is 146 Å². The van der Waals surface area contributed by atoms with Gasteiger partial charge in [0, 0.05) is 12.1 Å². The molecule has 0 aliphatic heterocycles. The van der Waals surface area contributed by atoms with Crippen molar-refractivity contribution in [2.24, 2.45) is 11.7 Å². The zero-order chi connectivity index (χ0) is 15.7. The summed E-state index contributed by atoms with van der Waals surface area (Å²) in [6.45, 7) is 2.42. The van der Waals surface area contributed by atoms with Gasteiger partial charge in [0.1, 0.15) is 5.69 Å². The van der Waals surface area contributed by atoms with E-state index in [1.54, 1.807) is 12.1 Å². The van der Waals surface area contributed by atoms with Crippen molar-refractivity contribution in [3.8, 4) is 11.3 Å². The molecular formula is C16H20Cl2N4O. The summed E-state index contributed by atoms with van der Waals surface area (Å²) in [5, 5.41) is 10.6. The van der Waals surface area contributed by atoms with Gasteiger partial charge in [-0.3, -0.25) is 9.89 Å². The molecule has 1 atom stereocenters. The molecule has 0 saturated heterocycles. The molecule has 4 N–H and O–H groups in total. The summed E-state index contributed by atoms with van der Waals surface area (Å²) < 4.78 is 0. The molecule has 2 aromatic rings. The van der Waals surface area contributed by atoms with E-state index in [0.717, 1.165) is 18.4 Å². The quantitative estimate of drug-likeness (QED) is 0.771. The number of hydrogen-bond donors (Lipinski definition) is 3. The number of aromatic nitrogens is 2. The first-order valence-electron chi connectivity index (χ1n) is 7.36. The zero-order valence-electron chi connectivity index (χ0n) is 12.8. The first-order chi connectivity index (χ1) is 10.5. The summed E-state index contributed by atoms with van der Waals surface area (Å²) in [6, 6.07) is 9.11. The van der Waals surface area contributed by atoms with Gasteiger partial charge >= 0.3 is 0 Å².